The molecular weight excluding hydrogens is 320 g/mol. The zero-order valence-corrected chi connectivity index (χ0v) is 14.8. The predicted molar refractivity (Wildman–Crippen MR) is 97.5 cm³/mol. The van der Waals surface area contributed by atoms with Crippen LogP contribution in [0.5, 0.6) is 0 Å². The molecule has 1 unspecified atom stereocenters. The molecule has 1 aromatic rings. The Hall–Kier alpha value is -1.96. The smallest absolute Gasteiger partial charge is 0.251 e. The molecule has 138 valence electrons. The van der Waals surface area contributed by atoms with Gasteiger partial charge in [-0.2, -0.15) is 0 Å². The summed E-state index contributed by atoms with van der Waals surface area (Å²) in [5.41, 5.74) is 6.73. The average molecular weight is 348 g/mol. The standard InChI is InChI=1S/C18H28N4O3/c1-25-16(13-19)12-17(23)21-15-6-4-14(5-7-15)18(24)20-8-11-22-9-2-3-10-22/h4-7,16H,2-3,8-13,19H2,1H3,(H,20,24)(H,21,23). The fraction of sp³-hybridized carbons (Fsp3) is 0.556. The van der Waals surface area contributed by atoms with Crippen molar-refractivity contribution in [2.75, 3.05) is 45.2 Å². The van der Waals surface area contributed by atoms with Gasteiger partial charge in [0.1, 0.15) is 0 Å². The molecule has 1 aliphatic rings. The number of hydrogen-bond donors (Lipinski definition) is 3. The van der Waals surface area contributed by atoms with Gasteiger partial charge in [0.2, 0.25) is 5.91 Å². The van der Waals surface area contributed by atoms with Crippen molar-refractivity contribution in [1.29, 1.82) is 0 Å². The number of carbonyl (C=O) groups is 2. The van der Waals surface area contributed by atoms with Crippen LogP contribution in [0.4, 0.5) is 5.69 Å². The number of anilines is 1. The van der Waals surface area contributed by atoms with E-state index in [0.717, 1.165) is 19.6 Å². The first-order valence-corrected chi connectivity index (χ1v) is 8.75. The monoisotopic (exact) mass is 348 g/mol. The zero-order valence-electron chi connectivity index (χ0n) is 14.8. The lowest BCUT2D eigenvalue weighted by molar-refractivity contribution is -0.118. The maximum atomic E-state index is 12.1. The fourth-order valence-electron chi connectivity index (χ4n) is 2.82. The van der Waals surface area contributed by atoms with Crippen molar-refractivity contribution in [2.45, 2.75) is 25.4 Å². The Bertz CT molecular complexity index is 552. The predicted octanol–water partition coefficient (Wildman–Crippen LogP) is 0.815. The summed E-state index contributed by atoms with van der Waals surface area (Å²) in [7, 11) is 1.53. The van der Waals surface area contributed by atoms with Gasteiger partial charge in [-0.05, 0) is 50.2 Å². The van der Waals surface area contributed by atoms with E-state index in [-0.39, 0.29) is 24.3 Å². The maximum absolute atomic E-state index is 12.1. The second-order valence-electron chi connectivity index (χ2n) is 6.23. The topological polar surface area (TPSA) is 96.7 Å². The number of carbonyl (C=O) groups excluding carboxylic acids is 2. The van der Waals surface area contributed by atoms with E-state index >= 15 is 0 Å². The Morgan fingerprint density at radius 2 is 1.92 bits per heavy atom. The van der Waals surface area contributed by atoms with Crippen LogP contribution in [-0.2, 0) is 9.53 Å². The molecule has 2 rings (SSSR count). The van der Waals surface area contributed by atoms with E-state index in [1.54, 1.807) is 24.3 Å². The van der Waals surface area contributed by atoms with Gasteiger partial charge in [-0.1, -0.05) is 0 Å². The largest absolute Gasteiger partial charge is 0.380 e. The number of methoxy groups -OCH3 is 1. The Morgan fingerprint density at radius 3 is 2.52 bits per heavy atom. The molecular formula is C18H28N4O3. The lowest BCUT2D eigenvalue weighted by Crippen LogP contribution is -2.33. The molecule has 7 heteroatoms. The van der Waals surface area contributed by atoms with Gasteiger partial charge < -0.3 is 26.0 Å². The second kappa shape index (κ2) is 10.1. The molecule has 0 saturated carbocycles. The van der Waals surface area contributed by atoms with Crippen LogP contribution in [-0.4, -0.2) is 62.7 Å². The molecule has 25 heavy (non-hydrogen) atoms. The highest BCUT2D eigenvalue weighted by Crippen LogP contribution is 2.11. The summed E-state index contributed by atoms with van der Waals surface area (Å²) in [4.78, 5) is 26.4. The van der Waals surface area contributed by atoms with E-state index in [2.05, 4.69) is 15.5 Å². The summed E-state index contributed by atoms with van der Waals surface area (Å²) in [6.45, 7) is 4.08. The fourth-order valence-corrected chi connectivity index (χ4v) is 2.82. The molecule has 0 spiro atoms. The van der Waals surface area contributed by atoms with Crippen LogP contribution < -0.4 is 16.4 Å². The van der Waals surface area contributed by atoms with Crippen molar-refractivity contribution in [1.82, 2.24) is 10.2 Å². The molecule has 2 amide bonds. The van der Waals surface area contributed by atoms with Crippen molar-refractivity contribution in [3.63, 3.8) is 0 Å². The van der Waals surface area contributed by atoms with Crippen molar-refractivity contribution in [3.8, 4) is 0 Å². The number of likely N-dealkylation sites (tertiary alicyclic amines) is 1. The van der Waals surface area contributed by atoms with E-state index in [4.69, 9.17) is 10.5 Å². The number of nitrogens with zero attached hydrogens (tertiary/aromatic N) is 1. The summed E-state index contributed by atoms with van der Waals surface area (Å²) in [6.07, 6.45) is 2.40. The molecule has 0 bridgehead atoms. The Balaban J connectivity index is 1.76. The quantitative estimate of drug-likeness (QED) is 0.614. The van der Waals surface area contributed by atoms with E-state index in [1.807, 2.05) is 0 Å². The lowest BCUT2D eigenvalue weighted by Gasteiger charge is -2.15. The number of ether oxygens (including phenoxy) is 1. The first kappa shape index (κ1) is 19.4. The summed E-state index contributed by atoms with van der Waals surface area (Å²) < 4.78 is 5.09. The van der Waals surface area contributed by atoms with E-state index in [1.165, 1.54) is 20.0 Å². The van der Waals surface area contributed by atoms with Crippen molar-refractivity contribution >= 4 is 17.5 Å². The van der Waals surface area contributed by atoms with Crippen LogP contribution >= 0.6 is 0 Å². The molecule has 1 fully saturated rings. The highest BCUT2D eigenvalue weighted by atomic mass is 16.5. The first-order valence-electron chi connectivity index (χ1n) is 8.75. The molecule has 4 N–H and O–H groups in total. The zero-order chi connectivity index (χ0) is 18.1. The van der Waals surface area contributed by atoms with Crippen molar-refractivity contribution in [3.05, 3.63) is 29.8 Å². The highest BCUT2D eigenvalue weighted by Gasteiger charge is 2.13. The van der Waals surface area contributed by atoms with Crippen LogP contribution in [0, 0.1) is 0 Å². The lowest BCUT2D eigenvalue weighted by atomic mass is 10.2. The van der Waals surface area contributed by atoms with Crippen LogP contribution in [0.2, 0.25) is 0 Å². The minimum atomic E-state index is -0.291. The van der Waals surface area contributed by atoms with Gasteiger partial charge in [-0.3, -0.25) is 9.59 Å². The first-order chi connectivity index (χ1) is 12.1. The van der Waals surface area contributed by atoms with Crippen LogP contribution in [0.3, 0.4) is 0 Å². The summed E-state index contributed by atoms with van der Waals surface area (Å²) in [6, 6.07) is 6.85. The molecule has 1 saturated heterocycles. The highest BCUT2D eigenvalue weighted by molar-refractivity contribution is 5.95. The molecule has 1 aliphatic heterocycles. The Labute approximate surface area is 148 Å². The number of nitrogens with two attached hydrogens (primary N) is 1. The SMILES string of the molecule is COC(CN)CC(=O)Nc1ccc(C(=O)NCCN2CCCC2)cc1. The van der Waals surface area contributed by atoms with Gasteiger partial charge >= 0.3 is 0 Å². The number of amides is 2. The minimum Gasteiger partial charge on any atom is -0.380 e. The minimum absolute atomic E-state index is 0.0975. The van der Waals surface area contributed by atoms with Gasteiger partial charge in [0.15, 0.2) is 0 Å². The second-order valence-corrected chi connectivity index (χ2v) is 6.23. The summed E-state index contributed by atoms with van der Waals surface area (Å²) in [5, 5.41) is 5.70. The van der Waals surface area contributed by atoms with E-state index in [0.29, 0.717) is 24.3 Å². The normalized spacial score (nSPS) is 15.8. The van der Waals surface area contributed by atoms with Crippen LogP contribution in [0.15, 0.2) is 24.3 Å². The summed E-state index contributed by atoms with van der Waals surface area (Å²) >= 11 is 0. The molecule has 7 nitrogen and oxygen atoms in total. The van der Waals surface area contributed by atoms with E-state index < -0.39 is 0 Å². The molecule has 1 atom stereocenters. The number of nitrogens with one attached hydrogen (secondary N) is 2. The third-order valence-corrected chi connectivity index (χ3v) is 4.35. The number of rotatable bonds is 9. The van der Waals surface area contributed by atoms with E-state index in [9.17, 15) is 9.59 Å². The van der Waals surface area contributed by atoms with Gasteiger partial charge in [0.05, 0.1) is 12.5 Å². The molecule has 1 aromatic carbocycles. The van der Waals surface area contributed by atoms with Gasteiger partial charge in [-0.25, -0.2) is 0 Å². The van der Waals surface area contributed by atoms with Crippen molar-refractivity contribution in [2.24, 2.45) is 5.73 Å². The molecule has 0 radical (unpaired) electrons. The average Bonchev–Trinajstić information content (AvgIpc) is 3.13. The van der Waals surface area contributed by atoms with Gasteiger partial charge in [0, 0.05) is 38.0 Å². The Morgan fingerprint density at radius 1 is 1.24 bits per heavy atom. The molecule has 0 aromatic heterocycles. The van der Waals surface area contributed by atoms with Crippen LogP contribution in [0.1, 0.15) is 29.6 Å². The molecule has 1 heterocycles. The maximum Gasteiger partial charge on any atom is 0.251 e. The number of hydrogen-bond acceptors (Lipinski definition) is 5. The molecule has 0 aliphatic carbocycles. The third-order valence-electron chi connectivity index (χ3n) is 4.35. The number of benzene rings is 1. The van der Waals surface area contributed by atoms with Crippen LogP contribution in [0.25, 0.3) is 0 Å². The summed E-state index contributed by atoms with van der Waals surface area (Å²) in [5.74, 6) is -0.264. The van der Waals surface area contributed by atoms with Gasteiger partial charge in [0.25, 0.3) is 5.91 Å². The van der Waals surface area contributed by atoms with Gasteiger partial charge in [-0.15, -0.1) is 0 Å². The Kier molecular flexibility index (Phi) is 7.84. The van der Waals surface area contributed by atoms with Crippen molar-refractivity contribution < 1.29 is 14.3 Å². The third kappa shape index (κ3) is 6.45.